The average Bonchev–Trinajstić information content (AvgIpc) is 3.25. The Labute approximate surface area is 222 Å². The van der Waals surface area contributed by atoms with Gasteiger partial charge in [-0.25, -0.2) is 9.59 Å². The molecule has 0 fully saturated rings. The van der Waals surface area contributed by atoms with Gasteiger partial charge < -0.3 is 25.4 Å². The highest BCUT2D eigenvalue weighted by Crippen LogP contribution is 2.31. The molecule has 2 atom stereocenters. The van der Waals surface area contributed by atoms with Crippen molar-refractivity contribution < 1.29 is 47.6 Å². The van der Waals surface area contributed by atoms with Gasteiger partial charge in [0.1, 0.15) is 11.4 Å². The minimum atomic E-state index is -5.02. The van der Waals surface area contributed by atoms with E-state index in [2.05, 4.69) is 15.2 Å². The van der Waals surface area contributed by atoms with Gasteiger partial charge in [-0.15, -0.1) is 13.2 Å². The highest BCUT2D eigenvalue weighted by atomic mass is 35.5. The molecule has 0 spiro atoms. The summed E-state index contributed by atoms with van der Waals surface area (Å²) in [4.78, 5) is 36.0. The number of aliphatic carboxylic acids is 1. The fourth-order valence-electron chi connectivity index (χ4n) is 3.40. The SMILES string of the molecule is O=C(N[C@H](Cc1ccccc1Cl)[C@@H](O)C(=O)O)c1cc(C(=O)O)n(Cc2ccc(Cl)c(OC(F)(F)F)c2)n1. The lowest BCUT2D eigenvalue weighted by atomic mass is 10.0. The van der Waals surface area contributed by atoms with Crippen molar-refractivity contribution in [3.05, 3.63) is 81.1 Å². The van der Waals surface area contributed by atoms with Gasteiger partial charge in [0.05, 0.1) is 17.6 Å². The molecule has 2 aromatic carbocycles. The van der Waals surface area contributed by atoms with Crippen molar-refractivity contribution in [2.24, 2.45) is 0 Å². The number of rotatable bonds is 10. The minimum Gasteiger partial charge on any atom is -0.479 e. The molecule has 0 aliphatic carbocycles. The second-order valence-electron chi connectivity index (χ2n) is 7.85. The number of aromatic carboxylic acids is 1. The van der Waals surface area contributed by atoms with Crippen LogP contribution in [-0.4, -0.2) is 61.5 Å². The van der Waals surface area contributed by atoms with Crippen LogP contribution in [0.5, 0.6) is 5.75 Å². The van der Waals surface area contributed by atoms with Crippen LogP contribution in [0.15, 0.2) is 48.5 Å². The van der Waals surface area contributed by atoms with Crippen LogP contribution in [0.3, 0.4) is 0 Å². The number of hydrogen-bond donors (Lipinski definition) is 4. The Hall–Kier alpha value is -3.81. The zero-order valence-electron chi connectivity index (χ0n) is 18.9. The molecular weight excluding hydrogens is 558 g/mol. The Kier molecular flexibility index (Phi) is 8.86. The first kappa shape index (κ1) is 28.8. The summed E-state index contributed by atoms with van der Waals surface area (Å²) in [5.74, 6) is -4.86. The van der Waals surface area contributed by atoms with Crippen molar-refractivity contribution in [1.82, 2.24) is 15.1 Å². The number of benzene rings is 2. The van der Waals surface area contributed by atoms with E-state index in [1.54, 1.807) is 18.2 Å². The highest BCUT2D eigenvalue weighted by molar-refractivity contribution is 6.32. The van der Waals surface area contributed by atoms with Crippen LogP contribution in [0.25, 0.3) is 0 Å². The molecule has 202 valence electrons. The summed E-state index contributed by atoms with van der Waals surface area (Å²) in [5.41, 5.74) is -0.407. The maximum atomic E-state index is 12.9. The van der Waals surface area contributed by atoms with Gasteiger partial charge in [0.25, 0.3) is 5.91 Å². The first-order valence-corrected chi connectivity index (χ1v) is 11.3. The van der Waals surface area contributed by atoms with Gasteiger partial charge in [-0.3, -0.25) is 9.48 Å². The average molecular weight is 576 g/mol. The fraction of sp³-hybridized carbons (Fsp3) is 0.217. The molecule has 0 saturated heterocycles. The molecule has 3 rings (SSSR count). The normalized spacial score (nSPS) is 13.0. The lowest BCUT2D eigenvalue weighted by molar-refractivity contribution is -0.274. The molecule has 0 aliphatic heterocycles. The van der Waals surface area contributed by atoms with Gasteiger partial charge in [0, 0.05) is 11.1 Å². The van der Waals surface area contributed by atoms with Crippen molar-refractivity contribution in [3.63, 3.8) is 0 Å². The minimum absolute atomic E-state index is 0.115. The number of aliphatic hydroxyl groups is 1. The van der Waals surface area contributed by atoms with Gasteiger partial charge in [-0.1, -0.05) is 47.5 Å². The quantitative estimate of drug-likeness (QED) is 0.286. The monoisotopic (exact) mass is 575 g/mol. The van der Waals surface area contributed by atoms with E-state index < -0.39 is 53.5 Å². The summed E-state index contributed by atoms with van der Waals surface area (Å²) in [5, 5.41) is 35.1. The van der Waals surface area contributed by atoms with Gasteiger partial charge >= 0.3 is 18.3 Å². The van der Waals surface area contributed by atoms with Crippen LogP contribution in [0.4, 0.5) is 13.2 Å². The molecule has 0 unspecified atom stereocenters. The molecule has 1 heterocycles. The van der Waals surface area contributed by atoms with Crippen molar-refractivity contribution in [1.29, 1.82) is 0 Å². The third-order valence-corrected chi connectivity index (χ3v) is 5.81. The van der Waals surface area contributed by atoms with E-state index in [1.165, 1.54) is 12.1 Å². The maximum absolute atomic E-state index is 12.9. The second kappa shape index (κ2) is 11.7. The number of nitrogens with one attached hydrogen (secondary N) is 1. The lowest BCUT2D eigenvalue weighted by Gasteiger charge is -2.21. The van der Waals surface area contributed by atoms with E-state index in [0.717, 1.165) is 22.9 Å². The number of ether oxygens (including phenoxy) is 1. The maximum Gasteiger partial charge on any atom is 0.573 e. The largest absolute Gasteiger partial charge is 0.573 e. The number of carboxylic acid groups (broad SMARTS) is 2. The van der Waals surface area contributed by atoms with Crippen molar-refractivity contribution >= 4 is 41.0 Å². The third-order valence-electron chi connectivity index (χ3n) is 5.13. The van der Waals surface area contributed by atoms with Gasteiger partial charge in [-0.05, 0) is 35.7 Å². The van der Waals surface area contributed by atoms with E-state index in [-0.39, 0.29) is 28.6 Å². The Morgan fingerprint density at radius 2 is 1.74 bits per heavy atom. The number of halogens is 5. The predicted octanol–water partition coefficient (Wildman–Crippen LogP) is 3.62. The van der Waals surface area contributed by atoms with Crippen LogP contribution in [0.2, 0.25) is 10.0 Å². The van der Waals surface area contributed by atoms with Crippen LogP contribution >= 0.6 is 23.2 Å². The van der Waals surface area contributed by atoms with E-state index in [0.29, 0.717) is 5.56 Å². The van der Waals surface area contributed by atoms with Gasteiger partial charge in [0.15, 0.2) is 11.8 Å². The number of carbonyl (C=O) groups excluding carboxylic acids is 1. The van der Waals surface area contributed by atoms with E-state index in [4.69, 9.17) is 23.2 Å². The number of aromatic nitrogens is 2. The summed E-state index contributed by atoms with van der Waals surface area (Å²) in [6.07, 6.45) is -7.25. The molecule has 1 amide bonds. The molecule has 15 heteroatoms. The van der Waals surface area contributed by atoms with Gasteiger partial charge in [-0.2, -0.15) is 5.10 Å². The molecule has 3 aromatic rings. The Morgan fingerprint density at radius 1 is 1.05 bits per heavy atom. The molecule has 1 aromatic heterocycles. The van der Waals surface area contributed by atoms with E-state index in [1.807, 2.05) is 0 Å². The summed E-state index contributed by atoms with van der Waals surface area (Å²) >= 11 is 11.8. The van der Waals surface area contributed by atoms with Crippen LogP contribution < -0.4 is 10.1 Å². The Balaban J connectivity index is 1.87. The molecule has 0 radical (unpaired) electrons. The fourth-order valence-corrected chi connectivity index (χ4v) is 3.77. The summed E-state index contributed by atoms with van der Waals surface area (Å²) in [6, 6.07) is 9.22. The first-order valence-electron chi connectivity index (χ1n) is 10.6. The first-order chi connectivity index (χ1) is 17.7. The third kappa shape index (κ3) is 7.37. The number of alkyl halides is 3. The topological polar surface area (TPSA) is 151 Å². The summed E-state index contributed by atoms with van der Waals surface area (Å²) in [6.45, 7) is -0.388. The van der Waals surface area contributed by atoms with Crippen molar-refractivity contribution in [2.45, 2.75) is 31.5 Å². The highest BCUT2D eigenvalue weighted by Gasteiger charge is 2.32. The number of amides is 1. The Bertz CT molecular complexity index is 1360. The van der Waals surface area contributed by atoms with Gasteiger partial charge in [0.2, 0.25) is 0 Å². The molecule has 10 nitrogen and oxygen atoms in total. The van der Waals surface area contributed by atoms with Crippen LogP contribution in [-0.2, 0) is 17.8 Å². The second-order valence-corrected chi connectivity index (χ2v) is 8.66. The van der Waals surface area contributed by atoms with Crippen molar-refractivity contribution in [3.8, 4) is 5.75 Å². The smallest absolute Gasteiger partial charge is 0.479 e. The number of hydrogen-bond acceptors (Lipinski definition) is 6. The molecule has 0 saturated carbocycles. The lowest BCUT2D eigenvalue weighted by Crippen LogP contribution is -2.48. The zero-order valence-corrected chi connectivity index (χ0v) is 20.5. The van der Waals surface area contributed by atoms with Crippen LogP contribution in [0, 0.1) is 0 Å². The summed E-state index contributed by atoms with van der Waals surface area (Å²) in [7, 11) is 0. The number of nitrogens with zero attached hydrogens (tertiary/aromatic N) is 2. The standard InChI is InChI=1S/C23H18Cl2F3N3O7/c24-13-4-2-1-3-12(13)8-15(19(32)22(36)37)29-20(33)16-9-17(21(34)35)31(30-16)10-11-5-6-14(25)18(7-11)38-23(26,27)28/h1-7,9,15,19,32H,8,10H2,(H,29,33)(H,34,35)(H,36,37)/t15-,19-/m1/s1. The van der Waals surface area contributed by atoms with E-state index >= 15 is 0 Å². The molecule has 0 bridgehead atoms. The predicted molar refractivity (Wildman–Crippen MR) is 126 cm³/mol. The molecular formula is C23H18Cl2F3N3O7. The van der Waals surface area contributed by atoms with E-state index in [9.17, 15) is 42.9 Å². The molecule has 38 heavy (non-hydrogen) atoms. The summed E-state index contributed by atoms with van der Waals surface area (Å²) < 4.78 is 42.6. The zero-order chi connectivity index (χ0) is 28.2. The number of carbonyl (C=O) groups is 3. The Morgan fingerprint density at radius 3 is 2.34 bits per heavy atom. The molecule has 0 aliphatic rings. The van der Waals surface area contributed by atoms with Crippen LogP contribution in [0.1, 0.15) is 32.1 Å². The van der Waals surface area contributed by atoms with Crippen molar-refractivity contribution in [2.75, 3.05) is 0 Å². The number of aliphatic hydroxyl groups excluding tert-OH is 1. The molecule has 4 N–H and O–H groups in total. The number of carboxylic acids is 2.